The summed E-state index contributed by atoms with van der Waals surface area (Å²) in [6, 6.07) is 9.04. The number of anilines is 1. The van der Waals surface area contributed by atoms with Crippen molar-refractivity contribution in [3.05, 3.63) is 54.1 Å². The molecule has 0 aliphatic rings. The van der Waals surface area contributed by atoms with Crippen molar-refractivity contribution in [3.63, 3.8) is 0 Å². The molecule has 5 heteroatoms. The molecular weight excluding hydrogens is 242 g/mol. The van der Waals surface area contributed by atoms with Gasteiger partial charge in [0.15, 0.2) is 0 Å². The Morgan fingerprint density at radius 1 is 1.37 bits per heavy atom. The van der Waals surface area contributed by atoms with E-state index in [0.29, 0.717) is 18.7 Å². The summed E-state index contributed by atoms with van der Waals surface area (Å²) < 4.78 is 4.96. The zero-order valence-corrected chi connectivity index (χ0v) is 10.7. The Morgan fingerprint density at radius 2 is 2.26 bits per heavy atom. The number of hydrogen-bond donors (Lipinski definition) is 1. The van der Waals surface area contributed by atoms with Gasteiger partial charge in [0.05, 0.1) is 24.4 Å². The summed E-state index contributed by atoms with van der Waals surface area (Å²) >= 11 is 0. The minimum atomic E-state index is -0.312. The molecular formula is C14H15N3O2. The number of ether oxygens (including phenoxy) is 1. The van der Waals surface area contributed by atoms with E-state index in [1.54, 1.807) is 25.3 Å². The number of nitrogens with zero attached hydrogens (tertiary/aromatic N) is 2. The van der Waals surface area contributed by atoms with Gasteiger partial charge in [-0.1, -0.05) is 6.07 Å². The van der Waals surface area contributed by atoms with Crippen molar-refractivity contribution in [3.8, 4) is 0 Å². The van der Waals surface area contributed by atoms with Gasteiger partial charge in [0.25, 0.3) is 0 Å². The predicted octanol–water partition coefficient (Wildman–Crippen LogP) is 2.27. The minimum Gasteiger partial charge on any atom is -0.462 e. The normalized spacial score (nSPS) is 9.95. The molecule has 2 aromatic rings. The Morgan fingerprint density at radius 3 is 3.00 bits per heavy atom. The largest absolute Gasteiger partial charge is 0.462 e. The second-order valence-corrected chi connectivity index (χ2v) is 3.86. The first-order valence-electron chi connectivity index (χ1n) is 6.05. The lowest BCUT2D eigenvalue weighted by atomic mass is 10.2. The van der Waals surface area contributed by atoms with E-state index < -0.39 is 0 Å². The van der Waals surface area contributed by atoms with Crippen molar-refractivity contribution in [2.75, 3.05) is 11.9 Å². The maximum atomic E-state index is 11.6. The third kappa shape index (κ3) is 3.77. The summed E-state index contributed by atoms with van der Waals surface area (Å²) in [6.45, 7) is 2.74. The highest BCUT2D eigenvalue weighted by molar-refractivity contribution is 5.90. The fraction of sp³-hybridized carbons (Fsp3) is 0.214. The van der Waals surface area contributed by atoms with Gasteiger partial charge >= 0.3 is 5.97 Å². The predicted molar refractivity (Wildman–Crippen MR) is 71.8 cm³/mol. The number of carbonyl (C=O) groups is 1. The molecule has 0 saturated heterocycles. The maximum Gasteiger partial charge on any atom is 0.338 e. The summed E-state index contributed by atoms with van der Waals surface area (Å²) in [5.41, 5.74) is 2.27. The fourth-order valence-corrected chi connectivity index (χ4v) is 1.59. The second-order valence-electron chi connectivity index (χ2n) is 3.86. The lowest BCUT2D eigenvalue weighted by Gasteiger charge is -2.07. The van der Waals surface area contributed by atoms with Crippen LogP contribution in [0.4, 0.5) is 5.69 Å². The third-order valence-corrected chi connectivity index (χ3v) is 2.49. The Bertz CT molecular complexity index is 543. The molecule has 1 aromatic heterocycles. The number of hydrogen-bond acceptors (Lipinski definition) is 5. The van der Waals surface area contributed by atoms with E-state index in [4.69, 9.17) is 4.74 Å². The van der Waals surface area contributed by atoms with Gasteiger partial charge < -0.3 is 10.1 Å². The number of aromatic nitrogens is 2. The lowest BCUT2D eigenvalue weighted by molar-refractivity contribution is 0.0526. The van der Waals surface area contributed by atoms with Gasteiger partial charge in [0, 0.05) is 11.9 Å². The summed E-state index contributed by atoms with van der Waals surface area (Å²) in [5, 5.41) is 3.20. The number of carbonyl (C=O) groups excluding carboxylic acids is 1. The first-order chi connectivity index (χ1) is 9.29. The molecule has 0 amide bonds. The molecule has 0 saturated carbocycles. The third-order valence-electron chi connectivity index (χ3n) is 2.49. The molecule has 0 atom stereocenters. The molecule has 0 radical (unpaired) electrons. The van der Waals surface area contributed by atoms with Gasteiger partial charge in [-0.3, -0.25) is 0 Å². The maximum absolute atomic E-state index is 11.6. The Labute approximate surface area is 111 Å². The monoisotopic (exact) mass is 257 g/mol. The summed E-state index contributed by atoms with van der Waals surface area (Å²) in [7, 11) is 0. The topological polar surface area (TPSA) is 64.1 Å². The zero-order chi connectivity index (χ0) is 13.5. The molecule has 98 valence electrons. The van der Waals surface area contributed by atoms with Gasteiger partial charge in [0.1, 0.15) is 6.33 Å². The van der Waals surface area contributed by atoms with Crippen LogP contribution in [0.25, 0.3) is 0 Å². The lowest BCUT2D eigenvalue weighted by Crippen LogP contribution is -2.06. The van der Waals surface area contributed by atoms with Crippen LogP contribution < -0.4 is 5.32 Å². The standard InChI is InChI=1S/C14H15N3O2/c1-2-19-14(18)11-4-3-5-12(8-11)16-9-13-6-7-15-10-17-13/h3-8,10,16H,2,9H2,1H3. The van der Waals surface area contributed by atoms with E-state index in [-0.39, 0.29) is 5.97 Å². The van der Waals surface area contributed by atoms with Crippen molar-refractivity contribution >= 4 is 11.7 Å². The van der Waals surface area contributed by atoms with E-state index in [1.807, 2.05) is 18.2 Å². The molecule has 5 nitrogen and oxygen atoms in total. The van der Waals surface area contributed by atoms with E-state index in [1.165, 1.54) is 6.33 Å². The smallest absolute Gasteiger partial charge is 0.338 e. The molecule has 2 rings (SSSR count). The molecule has 0 spiro atoms. The van der Waals surface area contributed by atoms with E-state index in [2.05, 4.69) is 15.3 Å². The second kappa shape index (κ2) is 6.49. The SMILES string of the molecule is CCOC(=O)c1cccc(NCc2ccncn2)c1. The number of nitrogens with one attached hydrogen (secondary N) is 1. The molecule has 0 unspecified atom stereocenters. The van der Waals surface area contributed by atoms with E-state index in [9.17, 15) is 4.79 Å². The molecule has 0 aliphatic carbocycles. The van der Waals surface area contributed by atoms with Crippen molar-refractivity contribution in [1.82, 2.24) is 9.97 Å². The average molecular weight is 257 g/mol. The van der Waals surface area contributed by atoms with Crippen molar-refractivity contribution in [2.24, 2.45) is 0 Å². The van der Waals surface area contributed by atoms with Crippen LogP contribution in [-0.4, -0.2) is 22.5 Å². The first-order valence-corrected chi connectivity index (χ1v) is 6.05. The number of benzene rings is 1. The number of esters is 1. The fourth-order valence-electron chi connectivity index (χ4n) is 1.59. The molecule has 0 bridgehead atoms. The Kier molecular flexibility index (Phi) is 4.44. The van der Waals surface area contributed by atoms with Crippen LogP contribution in [0.2, 0.25) is 0 Å². The van der Waals surface area contributed by atoms with Crippen LogP contribution in [0.1, 0.15) is 23.0 Å². The first kappa shape index (κ1) is 13.0. The summed E-state index contributed by atoms with van der Waals surface area (Å²) in [5.74, 6) is -0.312. The Hall–Kier alpha value is -2.43. The van der Waals surface area contributed by atoms with E-state index in [0.717, 1.165) is 11.4 Å². The van der Waals surface area contributed by atoms with Gasteiger partial charge in [-0.25, -0.2) is 14.8 Å². The quantitative estimate of drug-likeness (QED) is 0.832. The zero-order valence-electron chi connectivity index (χ0n) is 10.7. The molecule has 1 N–H and O–H groups in total. The van der Waals surface area contributed by atoms with Gasteiger partial charge in [0.2, 0.25) is 0 Å². The van der Waals surface area contributed by atoms with Crippen LogP contribution in [0.3, 0.4) is 0 Å². The highest BCUT2D eigenvalue weighted by Gasteiger charge is 2.06. The molecule has 1 aromatic carbocycles. The molecule has 0 aliphatic heterocycles. The van der Waals surface area contributed by atoms with Crippen LogP contribution in [-0.2, 0) is 11.3 Å². The highest BCUT2D eigenvalue weighted by atomic mass is 16.5. The van der Waals surface area contributed by atoms with Crippen molar-refractivity contribution in [1.29, 1.82) is 0 Å². The van der Waals surface area contributed by atoms with Crippen LogP contribution in [0.5, 0.6) is 0 Å². The van der Waals surface area contributed by atoms with Crippen LogP contribution >= 0.6 is 0 Å². The van der Waals surface area contributed by atoms with Gasteiger partial charge in [-0.2, -0.15) is 0 Å². The Balaban J connectivity index is 2.01. The highest BCUT2D eigenvalue weighted by Crippen LogP contribution is 2.12. The average Bonchev–Trinajstić information content (AvgIpc) is 2.47. The van der Waals surface area contributed by atoms with Crippen LogP contribution in [0, 0.1) is 0 Å². The van der Waals surface area contributed by atoms with Crippen LogP contribution in [0.15, 0.2) is 42.9 Å². The van der Waals surface area contributed by atoms with Gasteiger partial charge in [-0.05, 0) is 31.2 Å². The minimum absolute atomic E-state index is 0.312. The molecule has 1 heterocycles. The van der Waals surface area contributed by atoms with Gasteiger partial charge in [-0.15, -0.1) is 0 Å². The number of rotatable bonds is 5. The van der Waals surface area contributed by atoms with E-state index >= 15 is 0 Å². The summed E-state index contributed by atoms with van der Waals surface area (Å²) in [4.78, 5) is 19.6. The summed E-state index contributed by atoms with van der Waals surface area (Å²) in [6.07, 6.45) is 3.20. The van der Waals surface area contributed by atoms with Crippen molar-refractivity contribution in [2.45, 2.75) is 13.5 Å². The molecule has 19 heavy (non-hydrogen) atoms. The molecule has 0 fully saturated rings. The van der Waals surface area contributed by atoms with Crippen molar-refractivity contribution < 1.29 is 9.53 Å².